The first-order chi connectivity index (χ1) is 17.9. The number of carbonyl (C=O) groups is 2. The van der Waals surface area contributed by atoms with Crippen molar-refractivity contribution in [2.75, 3.05) is 13.2 Å². The van der Waals surface area contributed by atoms with Crippen LogP contribution in [-0.2, 0) is 5.54 Å². The molecule has 0 radical (unpaired) electrons. The van der Waals surface area contributed by atoms with E-state index >= 15 is 0 Å². The lowest BCUT2D eigenvalue weighted by Gasteiger charge is -2.27. The van der Waals surface area contributed by atoms with Crippen molar-refractivity contribution in [3.8, 4) is 16.2 Å². The van der Waals surface area contributed by atoms with Gasteiger partial charge in [-0.15, -0.1) is 11.3 Å². The summed E-state index contributed by atoms with van der Waals surface area (Å²) in [6.45, 7) is 5.18. The highest BCUT2D eigenvalue weighted by Crippen LogP contribution is 2.49. The number of carbonyl (C=O) groups excluding carboxylic acids is 2. The first kappa shape index (κ1) is 23.8. The molecule has 37 heavy (non-hydrogen) atoms. The highest BCUT2D eigenvalue weighted by molar-refractivity contribution is 7.17. The summed E-state index contributed by atoms with van der Waals surface area (Å²) in [5.74, 6) is 0.677. The Kier molecular flexibility index (Phi) is 6.05. The second-order valence-corrected chi connectivity index (χ2v) is 11.2. The van der Waals surface area contributed by atoms with E-state index in [0.717, 1.165) is 63.2 Å². The zero-order valence-corrected chi connectivity index (χ0v) is 21.8. The van der Waals surface area contributed by atoms with Crippen molar-refractivity contribution < 1.29 is 14.3 Å². The first-order valence-electron chi connectivity index (χ1n) is 12.7. The number of Topliss-reactive ketones (excluding diaryl/α,β-unsaturated/α-hetero) is 1. The molecule has 1 atom stereocenters. The second-order valence-electron chi connectivity index (χ2n) is 10.1. The first-order valence-corrected chi connectivity index (χ1v) is 13.5. The predicted octanol–water partition coefficient (Wildman–Crippen LogP) is 5.63. The number of rotatable bonds is 8. The molecule has 1 aliphatic heterocycles. The number of thiophene rings is 1. The summed E-state index contributed by atoms with van der Waals surface area (Å²) in [4.78, 5) is 31.8. The van der Waals surface area contributed by atoms with Crippen LogP contribution >= 0.6 is 11.3 Å². The molecule has 3 heterocycles. The molecule has 2 fully saturated rings. The third kappa shape index (κ3) is 4.65. The maximum Gasteiger partial charge on any atom is 0.252 e. The third-order valence-corrected chi connectivity index (χ3v) is 8.64. The number of fused-ring (bicyclic) bond motifs is 1. The fraction of sp³-hybridized carbons (Fsp3) is 0.300. The van der Waals surface area contributed by atoms with Gasteiger partial charge in [-0.3, -0.25) is 14.6 Å². The lowest BCUT2D eigenvalue weighted by molar-refractivity contribution is 0.0929. The van der Waals surface area contributed by atoms with Gasteiger partial charge >= 0.3 is 0 Å². The monoisotopic (exact) mass is 511 g/mol. The summed E-state index contributed by atoms with van der Waals surface area (Å²) in [5.41, 5.74) is 4.06. The molecule has 7 heteroatoms. The Hall–Kier alpha value is -3.55. The second kappa shape index (κ2) is 9.39. The van der Waals surface area contributed by atoms with E-state index < -0.39 is 5.54 Å². The Bertz CT molecular complexity index is 1520. The molecule has 0 spiro atoms. The van der Waals surface area contributed by atoms with Crippen molar-refractivity contribution in [3.63, 3.8) is 0 Å². The minimum absolute atomic E-state index is 0.0619. The van der Waals surface area contributed by atoms with Crippen LogP contribution in [0.1, 0.15) is 57.3 Å². The van der Waals surface area contributed by atoms with Crippen molar-refractivity contribution in [2.45, 2.75) is 44.7 Å². The van der Waals surface area contributed by atoms with Gasteiger partial charge in [0, 0.05) is 28.1 Å². The van der Waals surface area contributed by atoms with Crippen LogP contribution in [0.15, 0.2) is 60.8 Å². The predicted molar refractivity (Wildman–Crippen MR) is 147 cm³/mol. The van der Waals surface area contributed by atoms with Crippen LogP contribution in [0, 0.1) is 6.92 Å². The normalized spacial score (nSPS) is 17.7. The van der Waals surface area contributed by atoms with Gasteiger partial charge in [-0.25, -0.2) is 0 Å². The van der Waals surface area contributed by atoms with Crippen LogP contribution < -0.4 is 15.4 Å². The molecule has 6 nitrogen and oxygen atoms in total. The Morgan fingerprint density at radius 2 is 2.00 bits per heavy atom. The quantitative estimate of drug-likeness (QED) is 0.300. The van der Waals surface area contributed by atoms with E-state index in [1.165, 1.54) is 11.3 Å². The van der Waals surface area contributed by atoms with E-state index in [1.54, 1.807) is 13.1 Å². The maximum atomic E-state index is 13.6. The number of hydrogen-bond acceptors (Lipinski definition) is 6. The minimum Gasteiger partial charge on any atom is -0.492 e. The maximum absolute atomic E-state index is 13.6. The molecule has 1 amide bonds. The number of ether oxygens (including phenoxy) is 1. The number of aromatic nitrogens is 1. The Morgan fingerprint density at radius 3 is 2.70 bits per heavy atom. The van der Waals surface area contributed by atoms with E-state index in [4.69, 9.17) is 4.74 Å². The molecule has 2 aromatic heterocycles. The summed E-state index contributed by atoms with van der Waals surface area (Å²) >= 11 is 1.49. The van der Waals surface area contributed by atoms with Crippen LogP contribution in [0.3, 0.4) is 0 Å². The molecular weight excluding hydrogens is 482 g/mol. The average molecular weight is 512 g/mol. The van der Waals surface area contributed by atoms with E-state index in [0.29, 0.717) is 24.0 Å². The van der Waals surface area contributed by atoms with E-state index in [2.05, 4.69) is 33.8 Å². The fourth-order valence-electron chi connectivity index (χ4n) is 4.90. The van der Waals surface area contributed by atoms with Crippen molar-refractivity contribution in [2.24, 2.45) is 0 Å². The number of nitrogens with one attached hydrogen (secondary N) is 2. The summed E-state index contributed by atoms with van der Waals surface area (Å²) in [6.07, 6.45) is 4.62. The summed E-state index contributed by atoms with van der Waals surface area (Å²) in [5, 5.41) is 7.73. The van der Waals surface area contributed by atoms with Gasteiger partial charge in [-0.2, -0.15) is 0 Å². The molecule has 2 aromatic carbocycles. The summed E-state index contributed by atoms with van der Waals surface area (Å²) < 4.78 is 5.95. The number of pyridine rings is 1. The van der Waals surface area contributed by atoms with Crippen LogP contribution in [0.4, 0.5) is 0 Å². The van der Waals surface area contributed by atoms with Gasteiger partial charge in [0.05, 0.1) is 15.9 Å². The zero-order valence-electron chi connectivity index (χ0n) is 21.0. The van der Waals surface area contributed by atoms with Gasteiger partial charge in [-0.05, 0) is 98.8 Å². The van der Waals surface area contributed by atoms with Gasteiger partial charge in [0.15, 0.2) is 5.78 Å². The van der Waals surface area contributed by atoms with Crippen molar-refractivity contribution in [1.29, 1.82) is 0 Å². The molecule has 2 aliphatic rings. The molecular formula is C30H29N3O3S. The molecule has 6 rings (SSSR count). The van der Waals surface area contributed by atoms with E-state index in [-0.39, 0.29) is 11.7 Å². The molecule has 1 saturated heterocycles. The highest BCUT2D eigenvalue weighted by atomic mass is 32.1. The molecule has 1 aliphatic carbocycles. The lowest BCUT2D eigenvalue weighted by atomic mass is 9.95. The van der Waals surface area contributed by atoms with Gasteiger partial charge in [0.25, 0.3) is 5.91 Å². The molecule has 0 bridgehead atoms. The van der Waals surface area contributed by atoms with Crippen molar-refractivity contribution in [3.05, 3.63) is 82.4 Å². The molecule has 188 valence electrons. The zero-order chi connectivity index (χ0) is 25.6. The number of amides is 1. The Balaban J connectivity index is 1.32. The lowest BCUT2D eigenvalue weighted by Crippen LogP contribution is -2.46. The van der Waals surface area contributed by atoms with Crippen LogP contribution in [0.2, 0.25) is 0 Å². The smallest absolute Gasteiger partial charge is 0.252 e. The molecule has 2 N–H and O–H groups in total. The molecule has 1 saturated carbocycles. The van der Waals surface area contributed by atoms with Gasteiger partial charge in [0.2, 0.25) is 0 Å². The van der Waals surface area contributed by atoms with Crippen molar-refractivity contribution in [1.82, 2.24) is 15.6 Å². The Morgan fingerprint density at radius 1 is 1.16 bits per heavy atom. The fourth-order valence-corrected chi connectivity index (χ4v) is 5.79. The van der Waals surface area contributed by atoms with Crippen LogP contribution in [0.5, 0.6) is 5.75 Å². The number of aryl methyl sites for hydroxylation is 1. The molecule has 4 aromatic rings. The largest absolute Gasteiger partial charge is 0.492 e. The van der Waals surface area contributed by atoms with E-state index in [9.17, 15) is 9.59 Å². The number of hydrogen-bond donors (Lipinski definition) is 2. The van der Waals surface area contributed by atoms with E-state index in [1.807, 2.05) is 43.3 Å². The SMILES string of the molecule is CC(=O)c1ccc(-c2cc(C3(NC(=O)c4cc(OC[C@@H]5CCN5)ccc4C)CC3)c3cccnc3c2)s1. The van der Waals surface area contributed by atoms with Gasteiger partial charge in [-0.1, -0.05) is 12.1 Å². The van der Waals surface area contributed by atoms with Crippen LogP contribution in [-0.4, -0.2) is 35.9 Å². The Labute approximate surface area is 220 Å². The topological polar surface area (TPSA) is 80.3 Å². The number of nitrogens with zero attached hydrogens (tertiary/aromatic N) is 1. The highest BCUT2D eigenvalue weighted by Gasteiger charge is 2.47. The third-order valence-electron chi connectivity index (χ3n) is 7.41. The van der Waals surface area contributed by atoms with Gasteiger partial charge < -0.3 is 15.4 Å². The van der Waals surface area contributed by atoms with Crippen molar-refractivity contribution >= 4 is 33.9 Å². The minimum atomic E-state index is -0.450. The number of benzene rings is 2. The molecule has 0 unspecified atom stereocenters. The van der Waals surface area contributed by atoms with Gasteiger partial charge in [0.1, 0.15) is 12.4 Å². The standard InChI is InChI=1S/C30H29N3O3S/c1-18-5-6-22(36-17-21-9-13-31-21)16-24(18)29(35)33-30(10-11-30)25-14-20(15-26-23(25)4-3-12-32-26)28-8-7-27(37-28)19(2)34/h3-8,12,14-16,21,31H,9-11,13,17H2,1-2H3,(H,33,35)/t21-/m0/s1. The van der Waals surface area contributed by atoms with Crippen LogP contribution in [0.25, 0.3) is 21.3 Å². The summed E-state index contributed by atoms with van der Waals surface area (Å²) in [6, 6.07) is 18.2. The average Bonchev–Trinajstić information content (AvgIpc) is 3.46. The summed E-state index contributed by atoms with van der Waals surface area (Å²) in [7, 11) is 0. The number of ketones is 1.